The van der Waals surface area contributed by atoms with Crippen LogP contribution in [0.1, 0.15) is 30.1 Å². The van der Waals surface area contributed by atoms with Crippen molar-refractivity contribution in [3.8, 4) is 0 Å². The van der Waals surface area contributed by atoms with Crippen LogP contribution in [0.3, 0.4) is 0 Å². The van der Waals surface area contributed by atoms with Crippen LogP contribution in [0.4, 0.5) is 5.69 Å². The molecular weight excluding hydrogens is 242 g/mol. The molecule has 1 atom stereocenters. The average molecular weight is 258 g/mol. The number of hydrogen-bond acceptors (Lipinski definition) is 3. The highest BCUT2D eigenvalue weighted by Crippen LogP contribution is 2.21. The van der Waals surface area contributed by atoms with E-state index in [1.165, 1.54) is 6.07 Å². The predicted octanol–water partition coefficient (Wildman–Crippen LogP) is 2.61. The zero-order valence-corrected chi connectivity index (χ0v) is 10.4. The number of aliphatic hydroxyl groups is 1. The highest BCUT2D eigenvalue weighted by atomic mass is 35.5. The summed E-state index contributed by atoms with van der Waals surface area (Å²) in [6, 6.07) is 4.96. The fourth-order valence-electron chi connectivity index (χ4n) is 1.53. The molecule has 0 heterocycles. The Labute approximate surface area is 105 Å². The molecule has 1 unspecified atom stereocenters. The number of carboxylic acid groups (broad SMARTS) is 1. The number of nitrogens with one attached hydrogen (secondary N) is 1. The van der Waals surface area contributed by atoms with Gasteiger partial charge in [-0.3, -0.25) is 0 Å². The van der Waals surface area contributed by atoms with Gasteiger partial charge >= 0.3 is 5.97 Å². The molecule has 0 aliphatic heterocycles. The van der Waals surface area contributed by atoms with E-state index in [2.05, 4.69) is 5.32 Å². The first kappa shape index (κ1) is 13.8. The molecule has 0 saturated carbocycles. The van der Waals surface area contributed by atoms with Crippen LogP contribution in [0, 0.1) is 0 Å². The molecule has 17 heavy (non-hydrogen) atoms. The summed E-state index contributed by atoms with van der Waals surface area (Å²) in [6.45, 7) is 2.17. The Morgan fingerprint density at radius 1 is 1.53 bits per heavy atom. The van der Waals surface area contributed by atoms with Gasteiger partial charge in [-0.05, 0) is 38.0 Å². The summed E-state index contributed by atoms with van der Waals surface area (Å²) in [4.78, 5) is 10.8. The van der Waals surface area contributed by atoms with E-state index >= 15 is 0 Å². The second kappa shape index (κ2) is 6.47. The largest absolute Gasteiger partial charge is 0.478 e. The van der Waals surface area contributed by atoms with Gasteiger partial charge in [0.05, 0.1) is 10.6 Å². The number of benzene rings is 1. The second-order valence-electron chi connectivity index (χ2n) is 3.91. The standard InChI is InChI=1S/C12H16ClNO3/c1-8(3-2-6-15)14-9-4-5-10(12(16)17)11(13)7-9/h4-5,7-8,14-15H,2-3,6H2,1H3,(H,16,17). The van der Waals surface area contributed by atoms with Gasteiger partial charge in [0.15, 0.2) is 0 Å². The molecule has 4 nitrogen and oxygen atoms in total. The first-order valence-electron chi connectivity index (χ1n) is 5.45. The Balaban J connectivity index is 2.67. The third-order valence-corrected chi connectivity index (χ3v) is 2.72. The number of halogens is 1. The number of hydrogen-bond donors (Lipinski definition) is 3. The van der Waals surface area contributed by atoms with Crippen molar-refractivity contribution in [3.05, 3.63) is 28.8 Å². The minimum absolute atomic E-state index is 0.0974. The summed E-state index contributed by atoms with van der Waals surface area (Å²) in [5.74, 6) is -1.03. The van der Waals surface area contributed by atoms with Gasteiger partial charge in [-0.2, -0.15) is 0 Å². The lowest BCUT2D eigenvalue weighted by Crippen LogP contribution is -2.15. The van der Waals surface area contributed by atoms with Crippen LogP contribution in [0.25, 0.3) is 0 Å². The summed E-state index contributed by atoms with van der Waals surface area (Å²) < 4.78 is 0. The quantitative estimate of drug-likeness (QED) is 0.733. The van der Waals surface area contributed by atoms with Crippen LogP contribution in [0.2, 0.25) is 5.02 Å². The van der Waals surface area contributed by atoms with E-state index in [9.17, 15) is 4.79 Å². The molecule has 94 valence electrons. The SMILES string of the molecule is CC(CCCO)Nc1ccc(C(=O)O)c(Cl)c1. The van der Waals surface area contributed by atoms with Crippen molar-refractivity contribution in [1.29, 1.82) is 0 Å². The molecule has 0 saturated heterocycles. The third-order valence-electron chi connectivity index (χ3n) is 2.41. The minimum atomic E-state index is -1.03. The molecule has 0 spiro atoms. The van der Waals surface area contributed by atoms with Crippen LogP contribution >= 0.6 is 11.6 Å². The first-order chi connectivity index (χ1) is 8.04. The van der Waals surface area contributed by atoms with Crippen molar-refractivity contribution < 1.29 is 15.0 Å². The maximum absolute atomic E-state index is 10.8. The van der Waals surface area contributed by atoms with E-state index in [0.29, 0.717) is 0 Å². The van der Waals surface area contributed by atoms with Crippen LogP contribution in [-0.4, -0.2) is 28.8 Å². The number of aliphatic hydroxyl groups excluding tert-OH is 1. The molecule has 0 amide bonds. The molecule has 0 radical (unpaired) electrons. The van der Waals surface area contributed by atoms with Gasteiger partial charge in [0.2, 0.25) is 0 Å². The van der Waals surface area contributed by atoms with Crippen LogP contribution < -0.4 is 5.32 Å². The predicted molar refractivity (Wildman–Crippen MR) is 67.8 cm³/mol. The Hall–Kier alpha value is -1.26. The molecule has 5 heteroatoms. The van der Waals surface area contributed by atoms with Gasteiger partial charge < -0.3 is 15.5 Å². The Morgan fingerprint density at radius 2 is 2.24 bits per heavy atom. The van der Waals surface area contributed by atoms with E-state index in [1.54, 1.807) is 12.1 Å². The summed E-state index contributed by atoms with van der Waals surface area (Å²) in [6.07, 6.45) is 1.57. The fraction of sp³-hybridized carbons (Fsp3) is 0.417. The van der Waals surface area contributed by atoms with Gasteiger partial charge in [-0.25, -0.2) is 4.79 Å². The van der Waals surface area contributed by atoms with Crippen LogP contribution in [0.15, 0.2) is 18.2 Å². The van der Waals surface area contributed by atoms with Gasteiger partial charge in [-0.15, -0.1) is 0 Å². The van der Waals surface area contributed by atoms with E-state index in [1.807, 2.05) is 6.92 Å². The summed E-state index contributed by atoms with van der Waals surface area (Å²) in [5.41, 5.74) is 0.880. The monoisotopic (exact) mass is 257 g/mol. The maximum atomic E-state index is 10.8. The smallest absolute Gasteiger partial charge is 0.337 e. The van der Waals surface area contributed by atoms with Crippen molar-refractivity contribution in [2.45, 2.75) is 25.8 Å². The average Bonchev–Trinajstić information content (AvgIpc) is 2.26. The van der Waals surface area contributed by atoms with Crippen molar-refractivity contribution in [1.82, 2.24) is 0 Å². The maximum Gasteiger partial charge on any atom is 0.337 e. The number of rotatable bonds is 6. The molecular formula is C12H16ClNO3. The number of anilines is 1. The zero-order chi connectivity index (χ0) is 12.8. The van der Waals surface area contributed by atoms with Gasteiger partial charge in [0.1, 0.15) is 0 Å². The van der Waals surface area contributed by atoms with Gasteiger partial charge in [-0.1, -0.05) is 11.6 Å². The fourth-order valence-corrected chi connectivity index (χ4v) is 1.79. The van der Waals surface area contributed by atoms with E-state index < -0.39 is 5.97 Å². The molecule has 0 aliphatic rings. The Kier molecular flexibility index (Phi) is 5.25. The molecule has 1 aromatic carbocycles. The molecule has 0 aliphatic carbocycles. The van der Waals surface area contributed by atoms with E-state index in [-0.39, 0.29) is 23.2 Å². The molecule has 0 fully saturated rings. The molecule has 0 bridgehead atoms. The van der Waals surface area contributed by atoms with Gasteiger partial charge in [0, 0.05) is 18.3 Å². The van der Waals surface area contributed by atoms with E-state index in [4.69, 9.17) is 21.8 Å². The highest BCUT2D eigenvalue weighted by molar-refractivity contribution is 6.33. The molecule has 1 aromatic rings. The van der Waals surface area contributed by atoms with Crippen LogP contribution in [-0.2, 0) is 0 Å². The molecule has 0 aromatic heterocycles. The number of carbonyl (C=O) groups is 1. The topological polar surface area (TPSA) is 69.6 Å². The highest BCUT2D eigenvalue weighted by Gasteiger charge is 2.09. The minimum Gasteiger partial charge on any atom is -0.478 e. The second-order valence-corrected chi connectivity index (χ2v) is 4.32. The zero-order valence-electron chi connectivity index (χ0n) is 9.61. The van der Waals surface area contributed by atoms with Crippen molar-refractivity contribution >= 4 is 23.3 Å². The lowest BCUT2D eigenvalue weighted by Gasteiger charge is -2.15. The molecule has 1 rings (SSSR count). The third kappa shape index (κ3) is 4.24. The lowest BCUT2D eigenvalue weighted by atomic mass is 10.1. The first-order valence-corrected chi connectivity index (χ1v) is 5.82. The van der Waals surface area contributed by atoms with Crippen molar-refractivity contribution in [2.75, 3.05) is 11.9 Å². The number of aromatic carboxylic acids is 1. The van der Waals surface area contributed by atoms with Gasteiger partial charge in [0.25, 0.3) is 0 Å². The Bertz CT molecular complexity index is 395. The van der Waals surface area contributed by atoms with Crippen molar-refractivity contribution in [3.63, 3.8) is 0 Å². The Morgan fingerprint density at radius 3 is 2.76 bits per heavy atom. The van der Waals surface area contributed by atoms with E-state index in [0.717, 1.165) is 18.5 Å². The summed E-state index contributed by atoms with van der Waals surface area (Å²) >= 11 is 5.85. The van der Waals surface area contributed by atoms with Crippen molar-refractivity contribution in [2.24, 2.45) is 0 Å². The molecule has 3 N–H and O–H groups in total. The summed E-state index contributed by atoms with van der Waals surface area (Å²) in [7, 11) is 0. The van der Waals surface area contributed by atoms with Crippen LogP contribution in [0.5, 0.6) is 0 Å². The lowest BCUT2D eigenvalue weighted by molar-refractivity contribution is 0.0697. The normalized spacial score (nSPS) is 12.2. The summed E-state index contributed by atoms with van der Waals surface area (Å²) in [5, 5.41) is 20.9. The number of carboxylic acids is 1.